The molecule has 0 bridgehead atoms. The zero-order valence-electron chi connectivity index (χ0n) is 10.6. The number of nitrogens with one attached hydrogen (secondary N) is 1. The minimum atomic E-state index is 0.640. The van der Waals surface area contributed by atoms with Gasteiger partial charge in [-0.3, -0.25) is 0 Å². The molecule has 88 valence electrons. The third-order valence-corrected chi connectivity index (χ3v) is 3.91. The quantitative estimate of drug-likeness (QED) is 0.813. The average molecular weight is 217 g/mol. The van der Waals surface area contributed by atoms with Crippen molar-refractivity contribution >= 4 is 0 Å². The normalized spacial score (nSPS) is 26.5. The van der Waals surface area contributed by atoms with Gasteiger partial charge in [0.2, 0.25) is 0 Å². The summed E-state index contributed by atoms with van der Waals surface area (Å²) in [6, 6.07) is 12.3. The van der Waals surface area contributed by atoms with Crippen LogP contribution in [-0.4, -0.2) is 12.1 Å². The first-order chi connectivity index (χ1) is 7.66. The Kier molecular flexibility index (Phi) is 3.65. The Hall–Kier alpha value is -0.820. The third kappa shape index (κ3) is 2.65. The second-order valence-corrected chi connectivity index (χ2v) is 5.48. The highest BCUT2D eigenvalue weighted by molar-refractivity contribution is 5.22. The summed E-state index contributed by atoms with van der Waals surface area (Å²) in [7, 11) is 0. The maximum Gasteiger partial charge on any atom is 0.00813 e. The van der Waals surface area contributed by atoms with E-state index < -0.39 is 0 Å². The summed E-state index contributed by atoms with van der Waals surface area (Å²) in [6.45, 7) is 6.86. The minimum absolute atomic E-state index is 0.640. The molecule has 1 aromatic carbocycles. The van der Waals surface area contributed by atoms with Gasteiger partial charge in [0.1, 0.15) is 0 Å². The average Bonchev–Trinajstić information content (AvgIpc) is 2.23. The maximum absolute atomic E-state index is 3.72. The molecule has 1 aromatic rings. The van der Waals surface area contributed by atoms with E-state index in [2.05, 4.69) is 56.4 Å². The van der Waals surface area contributed by atoms with Gasteiger partial charge in [-0.15, -0.1) is 0 Å². The number of rotatable bonds is 4. The van der Waals surface area contributed by atoms with E-state index in [0.717, 1.165) is 17.9 Å². The molecule has 0 radical (unpaired) electrons. The molecule has 1 heteroatoms. The largest absolute Gasteiger partial charge is 0.311 e. The Morgan fingerprint density at radius 2 is 1.69 bits per heavy atom. The molecule has 0 saturated heterocycles. The SMILES string of the molecule is CC(C)C(C)NC1CC(c2ccccc2)C1. The molecule has 1 unspecified atom stereocenters. The van der Waals surface area contributed by atoms with Crippen molar-refractivity contribution < 1.29 is 0 Å². The van der Waals surface area contributed by atoms with E-state index >= 15 is 0 Å². The lowest BCUT2D eigenvalue weighted by Crippen LogP contribution is -2.46. The van der Waals surface area contributed by atoms with Crippen LogP contribution in [0.25, 0.3) is 0 Å². The van der Waals surface area contributed by atoms with Crippen molar-refractivity contribution in [3.05, 3.63) is 35.9 Å². The summed E-state index contributed by atoms with van der Waals surface area (Å²) in [4.78, 5) is 0. The Balaban J connectivity index is 1.78. The molecular weight excluding hydrogens is 194 g/mol. The van der Waals surface area contributed by atoms with Gasteiger partial charge in [-0.2, -0.15) is 0 Å². The smallest absolute Gasteiger partial charge is 0.00813 e. The second kappa shape index (κ2) is 5.01. The lowest BCUT2D eigenvalue weighted by atomic mass is 9.75. The molecule has 1 aliphatic carbocycles. The van der Waals surface area contributed by atoms with Gasteiger partial charge in [0.05, 0.1) is 0 Å². The fraction of sp³-hybridized carbons (Fsp3) is 0.600. The van der Waals surface area contributed by atoms with Crippen LogP contribution >= 0.6 is 0 Å². The van der Waals surface area contributed by atoms with E-state index in [0.29, 0.717) is 6.04 Å². The fourth-order valence-electron chi connectivity index (χ4n) is 2.32. The molecule has 0 aliphatic heterocycles. The monoisotopic (exact) mass is 217 g/mol. The van der Waals surface area contributed by atoms with Crippen LogP contribution in [0.15, 0.2) is 30.3 Å². The van der Waals surface area contributed by atoms with Gasteiger partial charge in [-0.1, -0.05) is 44.2 Å². The molecule has 16 heavy (non-hydrogen) atoms. The van der Waals surface area contributed by atoms with Crippen LogP contribution < -0.4 is 5.32 Å². The van der Waals surface area contributed by atoms with E-state index in [4.69, 9.17) is 0 Å². The van der Waals surface area contributed by atoms with Gasteiger partial charge in [-0.25, -0.2) is 0 Å². The van der Waals surface area contributed by atoms with Gasteiger partial charge in [0, 0.05) is 12.1 Å². The van der Waals surface area contributed by atoms with E-state index in [-0.39, 0.29) is 0 Å². The predicted octanol–water partition coefficient (Wildman–Crippen LogP) is 3.57. The van der Waals surface area contributed by atoms with Crippen molar-refractivity contribution in [2.45, 2.75) is 51.6 Å². The minimum Gasteiger partial charge on any atom is -0.311 e. The Morgan fingerprint density at radius 3 is 2.25 bits per heavy atom. The molecule has 1 aliphatic rings. The molecule has 0 spiro atoms. The third-order valence-electron chi connectivity index (χ3n) is 3.91. The summed E-state index contributed by atoms with van der Waals surface area (Å²) in [6.07, 6.45) is 2.61. The number of hydrogen-bond donors (Lipinski definition) is 1. The number of benzene rings is 1. The van der Waals surface area contributed by atoms with Crippen LogP contribution in [0.4, 0.5) is 0 Å². The van der Waals surface area contributed by atoms with Gasteiger partial charge in [-0.05, 0) is 37.2 Å². The van der Waals surface area contributed by atoms with E-state index in [9.17, 15) is 0 Å². The zero-order valence-corrected chi connectivity index (χ0v) is 10.6. The van der Waals surface area contributed by atoms with Crippen molar-refractivity contribution in [2.24, 2.45) is 5.92 Å². The Bertz CT molecular complexity index is 311. The van der Waals surface area contributed by atoms with Crippen LogP contribution in [0.1, 0.15) is 45.1 Å². The lowest BCUT2D eigenvalue weighted by Gasteiger charge is -2.39. The maximum atomic E-state index is 3.72. The van der Waals surface area contributed by atoms with Gasteiger partial charge in [0.25, 0.3) is 0 Å². The van der Waals surface area contributed by atoms with Gasteiger partial charge in [0.15, 0.2) is 0 Å². The van der Waals surface area contributed by atoms with Crippen LogP contribution in [0, 0.1) is 5.92 Å². The molecule has 0 amide bonds. The first kappa shape index (κ1) is 11.7. The van der Waals surface area contributed by atoms with E-state index in [1.165, 1.54) is 18.4 Å². The van der Waals surface area contributed by atoms with Gasteiger partial charge < -0.3 is 5.32 Å². The summed E-state index contributed by atoms with van der Waals surface area (Å²) in [5.74, 6) is 1.52. The molecule has 0 heterocycles. The lowest BCUT2D eigenvalue weighted by molar-refractivity contribution is 0.248. The molecule has 2 rings (SSSR count). The summed E-state index contributed by atoms with van der Waals surface area (Å²) in [5, 5.41) is 3.72. The second-order valence-electron chi connectivity index (χ2n) is 5.48. The first-order valence-electron chi connectivity index (χ1n) is 6.48. The molecule has 1 fully saturated rings. The molecule has 1 N–H and O–H groups in total. The van der Waals surface area contributed by atoms with Crippen LogP contribution in [0.5, 0.6) is 0 Å². The fourth-order valence-corrected chi connectivity index (χ4v) is 2.32. The summed E-state index contributed by atoms with van der Waals surface area (Å²) >= 11 is 0. The summed E-state index contributed by atoms with van der Waals surface area (Å²) < 4.78 is 0. The van der Waals surface area contributed by atoms with Crippen molar-refractivity contribution in [1.82, 2.24) is 5.32 Å². The Labute approximate surface area is 99.3 Å². The Morgan fingerprint density at radius 1 is 1.06 bits per heavy atom. The van der Waals surface area contributed by atoms with E-state index in [1.54, 1.807) is 0 Å². The summed E-state index contributed by atoms with van der Waals surface area (Å²) in [5.41, 5.74) is 1.51. The molecular formula is C15H23N. The standard InChI is InChI=1S/C15H23N/c1-11(2)12(3)16-15-9-14(10-15)13-7-5-4-6-8-13/h4-8,11-12,14-16H,9-10H2,1-3H3. The zero-order chi connectivity index (χ0) is 11.5. The van der Waals surface area contributed by atoms with Crippen molar-refractivity contribution in [2.75, 3.05) is 0 Å². The number of hydrogen-bond acceptors (Lipinski definition) is 1. The van der Waals surface area contributed by atoms with Crippen molar-refractivity contribution in [3.8, 4) is 0 Å². The topological polar surface area (TPSA) is 12.0 Å². The molecule has 1 nitrogen and oxygen atoms in total. The molecule has 1 saturated carbocycles. The highest BCUT2D eigenvalue weighted by Gasteiger charge is 2.30. The van der Waals surface area contributed by atoms with E-state index in [1.807, 2.05) is 0 Å². The first-order valence-corrected chi connectivity index (χ1v) is 6.48. The molecule has 0 aromatic heterocycles. The highest BCUT2D eigenvalue weighted by Crippen LogP contribution is 2.37. The van der Waals surface area contributed by atoms with Crippen LogP contribution in [0.3, 0.4) is 0 Å². The van der Waals surface area contributed by atoms with Crippen molar-refractivity contribution in [1.29, 1.82) is 0 Å². The molecule has 1 atom stereocenters. The highest BCUT2D eigenvalue weighted by atomic mass is 15.0. The predicted molar refractivity (Wildman–Crippen MR) is 69.6 cm³/mol. The van der Waals surface area contributed by atoms with Crippen LogP contribution in [0.2, 0.25) is 0 Å². The van der Waals surface area contributed by atoms with Crippen molar-refractivity contribution in [3.63, 3.8) is 0 Å². The van der Waals surface area contributed by atoms with Gasteiger partial charge >= 0.3 is 0 Å². The van der Waals surface area contributed by atoms with Crippen LogP contribution in [-0.2, 0) is 0 Å².